The molecular weight excluding hydrogens is 212 g/mol. The highest BCUT2D eigenvalue weighted by Gasteiger charge is 2.04. The van der Waals surface area contributed by atoms with Gasteiger partial charge in [-0.25, -0.2) is 0 Å². The van der Waals surface area contributed by atoms with Gasteiger partial charge in [-0.15, -0.1) is 6.58 Å². The van der Waals surface area contributed by atoms with Crippen LogP contribution in [-0.2, 0) is 6.42 Å². The highest BCUT2D eigenvalue weighted by Crippen LogP contribution is 2.26. The van der Waals surface area contributed by atoms with Gasteiger partial charge in [0.2, 0.25) is 0 Å². The fourth-order valence-electron chi connectivity index (χ4n) is 1.58. The third kappa shape index (κ3) is 4.51. The van der Waals surface area contributed by atoms with Crippen LogP contribution in [0.5, 0.6) is 11.5 Å². The molecule has 2 nitrogen and oxygen atoms in total. The highest BCUT2D eigenvalue weighted by molar-refractivity contribution is 5.41. The SMILES string of the molecule is C=CCc1ccc(OCC)cc1OCCCC. The zero-order valence-corrected chi connectivity index (χ0v) is 10.9. The first-order valence-corrected chi connectivity index (χ1v) is 6.31. The van der Waals surface area contributed by atoms with Crippen LogP contribution in [0.3, 0.4) is 0 Å². The van der Waals surface area contributed by atoms with Crippen LogP contribution in [0.1, 0.15) is 32.3 Å². The van der Waals surface area contributed by atoms with E-state index in [2.05, 4.69) is 13.5 Å². The minimum Gasteiger partial charge on any atom is -0.494 e. The van der Waals surface area contributed by atoms with Crippen molar-refractivity contribution >= 4 is 0 Å². The summed E-state index contributed by atoms with van der Waals surface area (Å²) in [6.45, 7) is 9.34. The Morgan fingerprint density at radius 1 is 1.24 bits per heavy atom. The van der Waals surface area contributed by atoms with E-state index in [4.69, 9.17) is 9.47 Å². The molecule has 0 aliphatic carbocycles. The van der Waals surface area contributed by atoms with Crippen molar-refractivity contribution < 1.29 is 9.47 Å². The molecule has 1 rings (SSSR count). The summed E-state index contributed by atoms with van der Waals surface area (Å²) in [6, 6.07) is 6.00. The Hall–Kier alpha value is -1.44. The van der Waals surface area contributed by atoms with E-state index in [-0.39, 0.29) is 0 Å². The summed E-state index contributed by atoms with van der Waals surface area (Å²) in [7, 11) is 0. The summed E-state index contributed by atoms with van der Waals surface area (Å²) in [5.74, 6) is 1.79. The molecule has 0 fully saturated rings. The van der Waals surface area contributed by atoms with E-state index in [0.717, 1.165) is 37.4 Å². The average molecular weight is 234 g/mol. The van der Waals surface area contributed by atoms with Crippen LogP contribution in [-0.4, -0.2) is 13.2 Å². The van der Waals surface area contributed by atoms with Crippen molar-refractivity contribution in [2.75, 3.05) is 13.2 Å². The first-order valence-electron chi connectivity index (χ1n) is 6.31. The van der Waals surface area contributed by atoms with Crippen molar-refractivity contribution in [2.45, 2.75) is 33.1 Å². The lowest BCUT2D eigenvalue weighted by molar-refractivity contribution is 0.300. The van der Waals surface area contributed by atoms with E-state index < -0.39 is 0 Å². The molecule has 0 amide bonds. The minimum absolute atomic E-state index is 0.676. The van der Waals surface area contributed by atoms with Crippen molar-refractivity contribution in [2.24, 2.45) is 0 Å². The number of benzene rings is 1. The zero-order chi connectivity index (χ0) is 12.5. The number of hydrogen-bond acceptors (Lipinski definition) is 2. The Bertz CT molecular complexity index is 345. The number of rotatable bonds is 8. The van der Waals surface area contributed by atoms with Crippen molar-refractivity contribution in [1.29, 1.82) is 0 Å². The highest BCUT2D eigenvalue weighted by atomic mass is 16.5. The summed E-state index contributed by atoms with van der Waals surface area (Å²) in [6.07, 6.45) is 4.94. The lowest BCUT2D eigenvalue weighted by atomic mass is 10.1. The van der Waals surface area contributed by atoms with E-state index >= 15 is 0 Å². The number of allylic oxidation sites excluding steroid dienone is 1. The first kappa shape index (κ1) is 13.6. The van der Waals surface area contributed by atoms with Gasteiger partial charge in [0.25, 0.3) is 0 Å². The van der Waals surface area contributed by atoms with E-state index in [9.17, 15) is 0 Å². The number of unbranched alkanes of at least 4 members (excludes halogenated alkanes) is 1. The molecule has 0 saturated heterocycles. The molecule has 0 aromatic heterocycles. The third-order valence-electron chi connectivity index (χ3n) is 2.47. The van der Waals surface area contributed by atoms with Gasteiger partial charge in [0.05, 0.1) is 13.2 Å². The smallest absolute Gasteiger partial charge is 0.126 e. The molecule has 0 unspecified atom stereocenters. The average Bonchev–Trinajstić information content (AvgIpc) is 2.33. The van der Waals surface area contributed by atoms with Crippen LogP contribution < -0.4 is 9.47 Å². The topological polar surface area (TPSA) is 18.5 Å². The lowest BCUT2D eigenvalue weighted by Crippen LogP contribution is -2.01. The van der Waals surface area contributed by atoms with Crippen LogP contribution in [0.15, 0.2) is 30.9 Å². The fourth-order valence-corrected chi connectivity index (χ4v) is 1.58. The predicted octanol–water partition coefficient (Wildman–Crippen LogP) is 3.99. The van der Waals surface area contributed by atoms with Gasteiger partial charge in [-0.05, 0) is 31.4 Å². The Morgan fingerprint density at radius 2 is 2.06 bits per heavy atom. The molecule has 1 aromatic carbocycles. The maximum absolute atomic E-state index is 5.79. The maximum atomic E-state index is 5.79. The summed E-state index contributed by atoms with van der Waals surface area (Å²) in [5, 5.41) is 0. The van der Waals surface area contributed by atoms with Crippen molar-refractivity contribution in [3.8, 4) is 11.5 Å². The van der Waals surface area contributed by atoms with Gasteiger partial charge in [-0.1, -0.05) is 25.5 Å². The molecule has 0 aliphatic rings. The fraction of sp³-hybridized carbons (Fsp3) is 0.467. The first-order chi connectivity index (χ1) is 8.31. The van der Waals surface area contributed by atoms with Crippen LogP contribution in [0.2, 0.25) is 0 Å². The second-order valence-electron chi connectivity index (χ2n) is 3.90. The second kappa shape index (κ2) is 7.77. The summed E-state index contributed by atoms with van der Waals surface area (Å²) in [4.78, 5) is 0. The molecule has 1 aromatic rings. The predicted molar refractivity (Wildman–Crippen MR) is 71.9 cm³/mol. The van der Waals surface area contributed by atoms with Gasteiger partial charge in [0, 0.05) is 6.07 Å². The summed E-state index contributed by atoms with van der Waals surface area (Å²) >= 11 is 0. The van der Waals surface area contributed by atoms with Gasteiger partial charge in [0.1, 0.15) is 11.5 Å². The van der Waals surface area contributed by atoms with Crippen molar-refractivity contribution in [3.63, 3.8) is 0 Å². The maximum Gasteiger partial charge on any atom is 0.126 e. The number of ether oxygens (including phenoxy) is 2. The molecule has 0 saturated carbocycles. The van der Waals surface area contributed by atoms with Crippen molar-refractivity contribution in [3.05, 3.63) is 36.4 Å². The molecule has 94 valence electrons. The molecule has 0 spiro atoms. The second-order valence-corrected chi connectivity index (χ2v) is 3.90. The Morgan fingerprint density at radius 3 is 2.71 bits per heavy atom. The van der Waals surface area contributed by atoms with E-state index in [1.807, 2.05) is 31.2 Å². The van der Waals surface area contributed by atoms with Gasteiger partial charge in [0.15, 0.2) is 0 Å². The third-order valence-corrected chi connectivity index (χ3v) is 2.47. The molecule has 0 N–H and O–H groups in total. The standard InChI is InChI=1S/C15H22O2/c1-4-7-11-17-15-12-14(16-6-3)10-9-13(15)8-5-2/h5,9-10,12H,2,4,6-8,11H2,1,3H3. The summed E-state index contributed by atoms with van der Waals surface area (Å²) in [5.41, 5.74) is 1.17. The van der Waals surface area contributed by atoms with Crippen LogP contribution in [0, 0.1) is 0 Å². The quantitative estimate of drug-likeness (QED) is 0.500. The lowest BCUT2D eigenvalue weighted by Gasteiger charge is -2.12. The Balaban J connectivity index is 2.78. The molecule has 17 heavy (non-hydrogen) atoms. The van der Waals surface area contributed by atoms with Gasteiger partial charge in [-0.3, -0.25) is 0 Å². The van der Waals surface area contributed by atoms with Gasteiger partial charge >= 0.3 is 0 Å². The van der Waals surface area contributed by atoms with Gasteiger partial charge < -0.3 is 9.47 Å². The normalized spacial score (nSPS) is 10.0. The molecule has 0 aliphatic heterocycles. The summed E-state index contributed by atoms with van der Waals surface area (Å²) < 4.78 is 11.3. The van der Waals surface area contributed by atoms with E-state index in [0.29, 0.717) is 6.61 Å². The van der Waals surface area contributed by atoms with Gasteiger partial charge in [-0.2, -0.15) is 0 Å². The molecule has 0 atom stereocenters. The molecule has 2 heteroatoms. The monoisotopic (exact) mass is 234 g/mol. The Labute approximate surface area is 104 Å². The van der Waals surface area contributed by atoms with Crippen LogP contribution in [0.4, 0.5) is 0 Å². The molecular formula is C15H22O2. The Kier molecular flexibility index (Phi) is 6.23. The van der Waals surface area contributed by atoms with Crippen LogP contribution in [0.25, 0.3) is 0 Å². The van der Waals surface area contributed by atoms with E-state index in [1.165, 1.54) is 5.56 Å². The molecule has 0 heterocycles. The zero-order valence-electron chi connectivity index (χ0n) is 10.9. The number of hydrogen-bond donors (Lipinski definition) is 0. The molecule has 0 bridgehead atoms. The van der Waals surface area contributed by atoms with Crippen molar-refractivity contribution in [1.82, 2.24) is 0 Å². The molecule has 0 radical (unpaired) electrons. The largest absolute Gasteiger partial charge is 0.494 e. The van der Waals surface area contributed by atoms with Crippen LogP contribution >= 0.6 is 0 Å². The minimum atomic E-state index is 0.676. The van der Waals surface area contributed by atoms with E-state index in [1.54, 1.807) is 0 Å².